The van der Waals surface area contributed by atoms with Gasteiger partial charge in [0.25, 0.3) is 15.9 Å². The third-order valence-corrected chi connectivity index (χ3v) is 6.25. The molecule has 0 aliphatic heterocycles. The van der Waals surface area contributed by atoms with Crippen molar-refractivity contribution in [2.75, 3.05) is 0 Å². The second-order valence-electron chi connectivity index (χ2n) is 5.50. The van der Waals surface area contributed by atoms with Gasteiger partial charge in [-0.05, 0) is 18.2 Å². The summed E-state index contributed by atoms with van der Waals surface area (Å²) in [7, 11) is -4.05. The van der Waals surface area contributed by atoms with E-state index in [4.69, 9.17) is 11.6 Å². The highest BCUT2D eigenvalue weighted by Crippen LogP contribution is 2.23. The van der Waals surface area contributed by atoms with Crippen molar-refractivity contribution in [3.05, 3.63) is 65.2 Å². The summed E-state index contributed by atoms with van der Waals surface area (Å²) in [4.78, 5) is 21.0. The number of thiazole rings is 1. The van der Waals surface area contributed by atoms with Crippen LogP contribution in [-0.4, -0.2) is 28.7 Å². The Labute approximate surface area is 163 Å². The maximum Gasteiger partial charge on any atom is 0.264 e. The predicted molar refractivity (Wildman–Crippen MR) is 104 cm³/mol. The number of imidazole rings is 1. The molecule has 1 aromatic carbocycles. The molecule has 0 spiro atoms. The number of fused-ring (bicyclic) bond motifs is 2. The van der Waals surface area contributed by atoms with Crippen molar-refractivity contribution in [3.8, 4) is 0 Å². The lowest BCUT2D eigenvalue weighted by molar-refractivity contribution is -0.114. The van der Waals surface area contributed by atoms with Gasteiger partial charge in [0.2, 0.25) is 0 Å². The van der Waals surface area contributed by atoms with E-state index < -0.39 is 15.9 Å². The Morgan fingerprint density at radius 1 is 1.30 bits per heavy atom. The number of rotatable bonds is 4. The molecule has 7 nitrogen and oxygen atoms in total. The molecule has 0 fully saturated rings. The highest BCUT2D eigenvalue weighted by Gasteiger charge is 2.19. The zero-order valence-electron chi connectivity index (χ0n) is 13.5. The second-order valence-corrected chi connectivity index (χ2v) is 8.38. The number of amides is 1. The van der Waals surface area contributed by atoms with E-state index in [0.29, 0.717) is 21.4 Å². The third-order valence-electron chi connectivity index (χ3n) is 3.81. The number of pyridine rings is 1. The number of halogens is 1. The third kappa shape index (κ3) is 3.32. The summed E-state index contributed by atoms with van der Waals surface area (Å²) in [5.74, 6) is -0.790. The standard InChI is InChI=1S/C17H11ClN4O3S2/c18-16-13(22-8-9-26-17(22)20-16)4-5-15(23)21-27(24,25)14-3-1-2-11-10-19-7-6-12(11)14/h1-10H,(H,21,23)/b5-4+. The largest absolute Gasteiger partial charge is 0.289 e. The first-order valence-electron chi connectivity index (χ1n) is 7.64. The fourth-order valence-electron chi connectivity index (χ4n) is 2.63. The van der Waals surface area contributed by atoms with Crippen LogP contribution in [0.1, 0.15) is 5.69 Å². The summed E-state index contributed by atoms with van der Waals surface area (Å²) in [6, 6.07) is 6.36. The molecule has 1 N–H and O–H groups in total. The van der Waals surface area contributed by atoms with E-state index in [-0.39, 0.29) is 10.0 Å². The van der Waals surface area contributed by atoms with Gasteiger partial charge in [0.15, 0.2) is 10.1 Å². The van der Waals surface area contributed by atoms with Crippen LogP contribution in [0.15, 0.2) is 59.2 Å². The molecule has 0 saturated carbocycles. The normalized spacial score (nSPS) is 12.2. The van der Waals surface area contributed by atoms with Crippen molar-refractivity contribution in [3.63, 3.8) is 0 Å². The Balaban J connectivity index is 1.62. The van der Waals surface area contributed by atoms with E-state index in [1.807, 2.05) is 10.1 Å². The van der Waals surface area contributed by atoms with E-state index in [1.54, 1.807) is 35.0 Å². The number of nitrogens with one attached hydrogen (secondary N) is 1. The summed E-state index contributed by atoms with van der Waals surface area (Å²) >= 11 is 7.45. The lowest BCUT2D eigenvalue weighted by Gasteiger charge is -2.08. The number of hydrogen-bond acceptors (Lipinski definition) is 6. The minimum atomic E-state index is -4.05. The quantitative estimate of drug-likeness (QED) is 0.514. The van der Waals surface area contributed by atoms with Gasteiger partial charge in [-0.1, -0.05) is 23.7 Å². The molecule has 4 rings (SSSR count). The van der Waals surface area contributed by atoms with Crippen LogP contribution in [0.25, 0.3) is 21.8 Å². The number of nitrogens with zero attached hydrogens (tertiary/aromatic N) is 3. The summed E-state index contributed by atoms with van der Waals surface area (Å²) in [5.41, 5.74) is 0.497. The molecular formula is C17H11ClN4O3S2. The second kappa shape index (κ2) is 6.76. The van der Waals surface area contributed by atoms with Crippen LogP contribution in [0.4, 0.5) is 0 Å². The first-order chi connectivity index (χ1) is 13.0. The van der Waals surface area contributed by atoms with Gasteiger partial charge >= 0.3 is 0 Å². The van der Waals surface area contributed by atoms with Crippen molar-refractivity contribution in [2.24, 2.45) is 0 Å². The first kappa shape index (κ1) is 17.7. The van der Waals surface area contributed by atoms with Gasteiger partial charge in [0, 0.05) is 40.8 Å². The van der Waals surface area contributed by atoms with E-state index in [2.05, 4.69) is 9.97 Å². The number of benzene rings is 1. The van der Waals surface area contributed by atoms with Gasteiger partial charge in [-0.15, -0.1) is 11.3 Å². The van der Waals surface area contributed by atoms with Crippen molar-refractivity contribution < 1.29 is 13.2 Å². The Bertz CT molecular complexity index is 1300. The molecule has 0 unspecified atom stereocenters. The average Bonchev–Trinajstić information content (AvgIpc) is 3.19. The minimum Gasteiger partial charge on any atom is -0.289 e. The van der Waals surface area contributed by atoms with Gasteiger partial charge in [-0.3, -0.25) is 14.2 Å². The van der Waals surface area contributed by atoms with Crippen molar-refractivity contribution in [2.45, 2.75) is 4.90 Å². The Morgan fingerprint density at radius 3 is 3.00 bits per heavy atom. The van der Waals surface area contributed by atoms with Gasteiger partial charge in [0.1, 0.15) is 0 Å². The van der Waals surface area contributed by atoms with Gasteiger partial charge in [-0.25, -0.2) is 18.1 Å². The molecule has 0 aliphatic carbocycles. The Morgan fingerprint density at radius 2 is 2.15 bits per heavy atom. The predicted octanol–water partition coefficient (Wildman–Crippen LogP) is 3.12. The lowest BCUT2D eigenvalue weighted by atomic mass is 10.2. The monoisotopic (exact) mass is 418 g/mol. The Hall–Kier alpha value is -2.75. The molecule has 27 heavy (non-hydrogen) atoms. The fraction of sp³-hybridized carbons (Fsp3) is 0. The number of hydrogen-bond donors (Lipinski definition) is 1. The highest BCUT2D eigenvalue weighted by atomic mass is 35.5. The molecule has 1 amide bonds. The van der Waals surface area contributed by atoms with Gasteiger partial charge in [-0.2, -0.15) is 0 Å². The van der Waals surface area contributed by atoms with E-state index >= 15 is 0 Å². The molecule has 4 aromatic rings. The SMILES string of the molecule is O=C(/C=C/c1c(Cl)nc2sccn12)NS(=O)(=O)c1cccc2cnccc12. The first-order valence-corrected chi connectivity index (χ1v) is 10.4. The van der Waals surface area contributed by atoms with Crippen molar-refractivity contribution >= 4 is 60.7 Å². The summed E-state index contributed by atoms with van der Waals surface area (Å²) in [6.45, 7) is 0. The molecule has 0 saturated heterocycles. The smallest absolute Gasteiger partial charge is 0.264 e. The molecule has 10 heteroatoms. The molecule has 0 radical (unpaired) electrons. The number of aromatic nitrogens is 3. The lowest BCUT2D eigenvalue weighted by Crippen LogP contribution is -2.29. The molecule has 3 aromatic heterocycles. The minimum absolute atomic E-state index is 0.00626. The maximum absolute atomic E-state index is 12.6. The molecular weight excluding hydrogens is 408 g/mol. The van der Waals surface area contributed by atoms with E-state index in [1.165, 1.54) is 29.7 Å². The van der Waals surface area contributed by atoms with Crippen LogP contribution >= 0.6 is 22.9 Å². The summed E-state index contributed by atoms with van der Waals surface area (Å²) in [6.07, 6.45) is 7.35. The van der Waals surface area contributed by atoms with Crippen LogP contribution in [0.2, 0.25) is 5.15 Å². The summed E-state index contributed by atoms with van der Waals surface area (Å²) < 4.78 is 29.0. The molecule has 0 aliphatic rings. The average molecular weight is 419 g/mol. The van der Waals surface area contributed by atoms with Crippen LogP contribution in [0.5, 0.6) is 0 Å². The van der Waals surface area contributed by atoms with Crippen LogP contribution in [-0.2, 0) is 14.8 Å². The highest BCUT2D eigenvalue weighted by molar-refractivity contribution is 7.90. The number of carbonyl (C=O) groups excluding carboxylic acids is 1. The maximum atomic E-state index is 12.6. The number of sulfonamides is 1. The fourth-order valence-corrected chi connectivity index (χ4v) is 4.81. The zero-order chi connectivity index (χ0) is 19.0. The van der Waals surface area contributed by atoms with E-state index in [9.17, 15) is 13.2 Å². The molecule has 0 bridgehead atoms. The van der Waals surface area contributed by atoms with Crippen LogP contribution < -0.4 is 4.72 Å². The van der Waals surface area contributed by atoms with Gasteiger partial charge < -0.3 is 0 Å². The van der Waals surface area contributed by atoms with Crippen molar-refractivity contribution in [1.82, 2.24) is 19.1 Å². The zero-order valence-corrected chi connectivity index (χ0v) is 15.9. The number of carbonyl (C=O) groups is 1. The van der Waals surface area contributed by atoms with Crippen LogP contribution in [0.3, 0.4) is 0 Å². The molecule has 3 heterocycles. The van der Waals surface area contributed by atoms with Crippen molar-refractivity contribution in [1.29, 1.82) is 0 Å². The van der Waals surface area contributed by atoms with E-state index in [0.717, 1.165) is 6.08 Å². The van der Waals surface area contributed by atoms with Crippen LogP contribution in [0, 0.1) is 0 Å². The molecule has 0 atom stereocenters. The summed E-state index contributed by atoms with van der Waals surface area (Å²) in [5, 5.41) is 3.20. The topological polar surface area (TPSA) is 93.4 Å². The van der Waals surface area contributed by atoms with Gasteiger partial charge in [0.05, 0.1) is 10.6 Å². The molecule has 136 valence electrons. The Kier molecular flexibility index (Phi) is 4.42.